The van der Waals surface area contributed by atoms with Gasteiger partial charge in [-0.2, -0.15) is 5.10 Å². The third-order valence-corrected chi connectivity index (χ3v) is 5.20. The van der Waals surface area contributed by atoms with Crippen LogP contribution in [0.3, 0.4) is 0 Å². The number of thiazole rings is 1. The van der Waals surface area contributed by atoms with E-state index in [-0.39, 0.29) is 6.79 Å². The third-order valence-electron chi connectivity index (χ3n) is 3.82. The minimum Gasteiger partial charge on any atom is -0.454 e. The van der Waals surface area contributed by atoms with E-state index in [4.69, 9.17) is 21.7 Å². The number of aromatic nitrogens is 1. The van der Waals surface area contributed by atoms with E-state index in [1.807, 2.05) is 43.3 Å². The molecule has 0 saturated carbocycles. The normalized spacial score (nSPS) is 13.0. The molecule has 6 nitrogen and oxygen atoms in total. The van der Waals surface area contributed by atoms with Crippen LogP contribution in [0.2, 0.25) is 0 Å². The van der Waals surface area contributed by atoms with Crippen molar-refractivity contribution in [1.82, 2.24) is 15.7 Å². The van der Waals surface area contributed by atoms with Crippen LogP contribution in [-0.4, -0.2) is 22.6 Å². The molecule has 0 atom stereocenters. The minimum atomic E-state index is 0.270. The van der Waals surface area contributed by atoms with E-state index in [0.29, 0.717) is 11.7 Å². The van der Waals surface area contributed by atoms with Crippen molar-refractivity contribution in [2.24, 2.45) is 5.10 Å². The molecule has 8 heteroatoms. The summed E-state index contributed by atoms with van der Waals surface area (Å²) in [5.41, 5.74) is 5.68. The van der Waals surface area contributed by atoms with E-state index in [2.05, 4.69) is 26.9 Å². The predicted molar refractivity (Wildman–Crippen MR) is 107 cm³/mol. The summed E-state index contributed by atoms with van der Waals surface area (Å²) in [5, 5.41) is 8.77. The smallest absolute Gasteiger partial charge is 0.231 e. The van der Waals surface area contributed by atoms with Gasteiger partial charge in [0.25, 0.3) is 0 Å². The van der Waals surface area contributed by atoms with Crippen LogP contribution in [0.5, 0.6) is 11.5 Å². The summed E-state index contributed by atoms with van der Waals surface area (Å²) in [4.78, 5) is 4.58. The van der Waals surface area contributed by atoms with Gasteiger partial charge in [0, 0.05) is 6.54 Å². The maximum Gasteiger partial charge on any atom is 0.231 e. The molecule has 0 aliphatic carbocycles. The molecule has 4 rings (SSSR count). The van der Waals surface area contributed by atoms with Gasteiger partial charge in [0.2, 0.25) is 6.79 Å². The molecule has 0 bridgehead atoms. The Balaban J connectivity index is 1.34. The molecule has 1 aliphatic rings. The largest absolute Gasteiger partial charge is 0.454 e. The van der Waals surface area contributed by atoms with Crippen molar-refractivity contribution in [1.29, 1.82) is 0 Å². The lowest BCUT2D eigenvalue weighted by molar-refractivity contribution is 0.174. The zero-order valence-corrected chi connectivity index (χ0v) is 15.6. The zero-order chi connectivity index (χ0) is 17.9. The fourth-order valence-corrected chi connectivity index (χ4v) is 3.51. The first-order chi connectivity index (χ1) is 12.7. The molecule has 3 aromatic rings. The van der Waals surface area contributed by atoms with E-state index in [1.165, 1.54) is 0 Å². The van der Waals surface area contributed by atoms with Gasteiger partial charge in [0.05, 0.1) is 15.9 Å². The first-order valence-electron chi connectivity index (χ1n) is 8.01. The molecule has 2 aromatic carbocycles. The molecule has 2 N–H and O–H groups in total. The number of hydrogen-bond donors (Lipinski definition) is 2. The minimum absolute atomic E-state index is 0.270. The lowest BCUT2D eigenvalue weighted by Crippen LogP contribution is -2.32. The van der Waals surface area contributed by atoms with Crippen LogP contribution in [0, 0.1) is 0 Å². The van der Waals surface area contributed by atoms with Crippen molar-refractivity contribution in [3.63, 3.8) is 0 Å². The number of benzene rings is 2. The van der Waals surface area contributed by atoms with Crippen LogP contribution in [0.15, 0.2) is 47.6 Å². The molecule has 0 fully saturated rings. The highest BCUT2D eigenvalue weighted by Gasteiger charge is 2.13. The summed E-state index contributed by atoms with van der Waals surface area (Å²) in [6.45, 7) is 2.75. The van der Waals surface area contributed by atoms with Gasteiger partial charge in [-0.25, -0.2) is 4.98 Å². The molecule has 26 heavy (non-hydrogen) atoms. The number of hydrogen-bond acceptors (Lipinski definition) is 6. The SMILES string of the molecule is C/C(=N/NC(=S)NCc1ccc2c(c1)OCO2)c1nc2ccccc2s1. The van der Waals surface area contributed by atoms with E-state index < -0.39 is 0 Å². The summed E-state index contributed by atoms with van der Waals surface area (Å²) in [6.07, 6.45) is 0. The zero-order valence-electron chi connectivity index (χ0n) is 14.0. The second-order valence-electron chi connectivity index (χ2n) is 5.67. The van der Waals surface area contributed by atoms with Crippen LogP contribution in [0.1, 0.15) is 17.5 Å². The van der Waals surface area contributed by atoms with Gasteiger partial charge in [-0.3, -0.25) is 5.43 Å². The summed E-state index contributed by atoms with van der Waals surface area (Å²) < 4.78 is 11.8. The maximum absolute atomic E-state index is 5.37. The highest BCUT2D eigenvalue weighted by atomic mass is 32.1. The molecule has 1 aromatic heterocycles. The van der Waals surface area contributed by atoms with Gasteiger partial charge < -0.3 is 14.8 Å². The van der Waals surface area contributed by atoms with Gasteiger partial charge in [-0.1, -0.05) is 18.2 Å². The van der Waals surface area contributed by atoms with Crippen molar-refractivity contribution in [2.75, 3.05) is 6.79 Å². The van der Waals surface area contributed by atoms with Gasteiger partial charge in [-0.05, 0) is 49.0 Å². The lowest BCUT2D eigenvalue weighted by Gasteiger charge is -2.08. The van der Waals surface area contributed by atoms with Crippen molar-refractivity contribution in [2.45, 2.75) is 13.5 Å². The van der Waals surface area contributed by atoms with Crippen LogP contribution in [0.4, 0.5) is 0 Å². The first kappa shape index (κ1) is 16.7. The topological polar surface area (TPSA) is 67.8 Å². The Labute approximate surface area is 159 Å². The van der Waals surface area contributed by atoms with E-state index >= 15 is 0 Å². The molecule has 0 radical (unpaired) electrons. The molecule has 132 valence electrons. The highest BCUT2D eigenvalue weighted by Crippen LogP contribution is 2.32. The number of hydrazone groups is 1. The molecule has 0 saturated heterocycles. The van der Waals surface area contributed by atoms with Gasteiger partial charge in [0.15, 0.2) is 16.6 Å². The van der Waals surface area contributed by atoms with E-state index in [9.17, 15) is 0 Å². The summed E-state index contributed by atoms with van der Waals surface area (Å²) in [5.74, 6) is 1.53. The van der Waals surface area contributed by atoms with Crippen molar-refractivity contribution >= 4 is 44.6 Å². The number of para-hydroxylation sites is 1. The molecular weight excluding hydrogens is 368 g/mol. The Morgan fingerprint density at radius 2 is 2.08 bits per heavy atom. The Bertz CT molecular complexity index is 967. The average Bonchev–Trinajstić information content (AvgIpc) is 3.30. The first-order valence-corrected chi connectivity index (χ1v) is 9.24. The van der Waals surface area contributed by atoms with Crippen molar-refractivity contribution in [3.8, 4) is 11.5 Å². The Hall–Kier alpha value is -2.71. The highest BCUT2D eigenvalue weighted by molar-refractivity contribution is 7.80. The Morgan fingerprint density at radius 3 is 2.96 bits per heavy atom. The Kier molecular flexibility index (Phi) is 4.68. The lowest BCUT2D eigenvalue weighted by atomic mass is 10.2. The second kappa shape index (κ2) is 7.27. The third kappa shape index (κ3) is 3.61. The fraction of sp³-hybridized carbons (Fsp3) is 0.167. The van der Waals surface area contributed by atoms with Crippen LogP contribution in [-0.2, 0) is 6.54 Å². The van der Waals surface area contributed by atoms with Crippen LogP contribution in [0.25, 0.3) is 10.2 Å². The second-order valence-corrected chi connectivity index (χ2v) is 7.10. The van der Waals surface area contributed by atoms with Gasteiger partial charge in [-0.15, -0.1) is 11.3 Å². The fourth-order valence-electron chi connectivity index (χ4n) is 2.48. The molecule has 0 spiro atoms. The summed E-state index contributed by atoms with van der Waals surface area (Å²) >= 11 is 6.89. The number of rotatable bonds is 4. The van der Waals surface area contributed by atoms with E-state index in [0.717, 1.165) is 38.0 Å². The molecule has 1 aliphatic heterocycles. The number of ether oxygens (including phenoxy) is 2. The van der Waals surface area contributed by atoms with Gasteiger partial charge >= 0.3 is 0 Å². The van der Waals surface area contributed by atoms with Crippen LogP contribution < -0.4 is 20.2 Å². The number of fused-ring (bicyclic) bond motifs is 2. The number of nitrogens with one attached hydrogen (secondary N) is 2. The van der Waals surface area contributed by atoms with E-state index in [1.54, 1.807) is 11.3 Å². The maximum atomic E-state index is 5.37. The number of thiocarbonyl (C=S) groups is 1. The average molecular weight is 384 g/mol. The number of nitrogens with zero attached hydrogens (tertiary/aromatic N) is 2. The Morgan fingerprint density at radius 1 is 1.23 bits per heavy atom. The summed E-state index contributed by atoms with van der Waals surface area (Å²) in [7, 11) is 0. The molecular formula is C18H16N4O2S2. The van der Waals surface area contributed by atoms with Crippen molar-refractivity contribution < 1.29 is 9.47 Å². The predicted octanol–water partition coefficient (Wildman–Crippen LogP) is 3.41. The molecule has 2 heterocycles. The standard InChI is InChI=1S/C18H16N4O2S2/c1-11(17-20-13-4-2-3-5-16(13)26-17)21-22-18(25)19-9-12-6-7-14-15(8-12)24-10-23-14/h2-8H,9-10H2,1H3,(H2,19,22,25)/b21-11-. The van der Waals surface area contributed by atoms with Crippen molar-refractivity contribution in [3.05, 3.63) is 53.0 Å². The monoisotopic (exact) mass is 384 g/mol. The van der Waals surface area contributed by atoms with Gasteiger partial charge in [0.1, 0.15) is 5.01 Å². The molecule has 0 amide bonds. The molecule has 0 unspecified atom stereocenters. The van der Waals surface area contributed by atoms with Crippen LogP contribution >= 0.6 is 23.6 Å². The quantitative estimate of drug-likeness (QED) is 0.408. The summed E-state index contributed by atoms with van der Waals surface area (Å²) in [6, 6.07) is 13.8.